The molecule has 1 aromatic carbocycles. The molecule has 0 bridgehead atoms. The summed E-state index contributed by atoms with van der Waals surface area (Å²) in [5.74, 6) is -0.962. The third-order valence-electron chi connectivity index (χ3n) is 3.01. The van der Waals surface area contributed by atoms with Crippen LogP contribution >= 0.6 is 0 Å². The van der Waals surface area contributed by atoms with Gasteiger partial charge in [0.1, 0.15) is 5.54 Å². The lowest BCUT2D eigenvalue weighted by molar-refractivity contribution is -0.142. The van der Waals surface area contributed by atoms with Crippen molar-refractivity contribution in [3.63, 3.8) is 0 Å². The van der Waals surface area contributed by atoms with Gasteiger partial charge in [-0.05, 0) is 30.5 Å². The van der Waals surface area contributed by atoms with E-state index in [4.69, 9.17) is 10.8 Å². The average Bonchev–Trinajstić information content (AvgIpc) is 2.65. The fourth-order valence-electron chi connectivity index (χ4n) is 2.05. The van der Waals surface area contributed by atoms with Crippen molar-refractivity contribution in [1.82, 2.24) is 0 Å². The molecule has 1 aromatic rings. The van der Waals surface area contributed by atoms with Gasteiger partial charge in [-0.15, -0.1) is 0 Å². The minimum absolute atomic E-state index is 0.368. The minimum atomic E-state index is -1.20. The van der Waals surface area contributed by atoms with Crippen molar-refractivity contribution in [1.29, 1.82) is 0 Å². The van der Waals surface area contributed by atoms with Crippen LogP contribution in [-0.2, 0) is 17.6 Å². The number of aliphatic carboxylic acids is 1. The van der Waals surface area contributed by atoms with Crippen LogP contribution in [0.3, 0.4) is 0 Å². The predicted molar refractivity (Wildman–Crippen MR) is 62.6 cm³/mol. The second kappa shape index (κ2) is 3.79. The summed E-state index contributed by atoms with van der Waals surface area (Å²) in [6.45, 7) is 2.47. The van der Waals surface area contributed by atoms with Crippen molar-refractivity contribution < 1.29 is 9.90 Å². The third-order valence-corrected chi connectivity index (χ3v) is 3.01. The lowest BCUT2D eigenvalue weighted by atomic mass is 9.90. The molecule has 1 aliphatic heterocycles. The van der Waals surface area contributed by atoms with E-state index >= 15 is 0 Å². The quantitative estimate of drug-likeness (QED) is 0.710. The fraction of sp³-hybridized carbons (Fsp3) is 0.417. The molecule has 4 heteroatoms. The normalized spacial score (nSPS) is 17.4. The van der Waals surface area contributed by atoms with Gasteiger partial charge in [-0.25, -0.2) is 0 Å². The first-order chi connectivity index (χ1) is 7.50. The Kier molecular flexibility index (Phi) is 2.59. The second-order valence-corrected chi connectivity index (χ2v) is 4.52. The molecule has 0 fully saturated rings. The van der Waals surface area contributed by atoms with Crippen molar-refractivity contribution in [3.05, 3.63) is 29.3 Å². The number of nitrogens with one attached hydrogen (secondary N) is 1. The van der Waals surface area contributed by atoms with E-state index in [9.17, 15) is 4.79 Å². The first-order valence-corrected chi connectivity index (χ1v) is 5.37. The molecule has 86 valence electrons. The zero-order chi connectivity index (χ0) is 11.8. The summed E-state index contributed by atoms with van der Waals surface area (Å²) >= 11 is 0. The van der Waals surface area contributed by atoms with Crippen LogP contribution in [0.2, 0.25) is 0 Å². The highest BCUT2D eigenvalue weighted by molar-refractivity contribution is 5.78. The SMILES string of the molecule is CC(N)(Cc1cccc2c1CCN2)C(=O)O. The molecule has 4 nitrogen and oxygen atoms in total. The standard InChI is InChI=1S/C12H16N2O2/c1-12(13,11(15)16)7-8-3-2-4-10-9(8)5-6-14-10/h2-4,14H,5-7,13H2,1H3,(H,15,16). The molecule has 0 aliphatic carbocycles. The molecule has 0 saturated heterocycles. The maximum Gasteiger partial charge on any atom is 0.323 e. The summed E-state index contributed by atoms with van der Waals surface area (Å²) in [7, 11) is 0. The van der Waals surface area contributed by atoms with E-state index in [0.717, 1.165) is 24.2 Å². The Balaban J connectivity index is 2.29. The largest absolute Gasteiger partial charge is 0.480 e. The summed E-state index contributed by atoms with van der Waals surface area (Å²) in [6.07, 6.45) is 1.31. The number of fused-ring (bicyclic) bond motifs is 1. The van der Waals surface area contributed by atoms with Crippen molar-refractivity contribution in [2.75, 3.05) is 11.9 Å². The molecule has 0 spiro atoms. The van der Waals surface area contributed by atoms with Crippen molar-refractivity contribution >= 4 is 11.7 Å². The Hall–Kier alpha value is -1.55. The molecular formula is C12H16N2O2. The number of carbonyl (C=O) groups is 1. The highest BCUT2D eigenvalue weighted by atomic mass is 16.4. The van der Waals surface area contributed by atoms with Crippen LogP contribution in [0, 0.1) is 0 Å². The molecular weight excluding hydrogens is 204 g/mol. The number of nitrogens with two attached hydrogens (primary N) is 1. The van der Waals surface area contributed by atoms with Gasteiger partial charge >= 0.3 is 5.97 Å². The Morgan fingerprint density at radius 1 is 1.62 bits per heavy atom. The molecule has 16 heavy (non-hydrogen) atoms. The van der Waals surface area contributed by atoms with Gasteiger partial charge in [-0.2, -0.15) is 0 Å². The van der Waals surface area contributed by atoms with E-state index in [1.165, 1.54) is 5.56 Å². The van der Waals surface area contributed by atoms with Gasteiger partial charge in [-0.1, -0.05) is 12.1 Å². The fourth-order valence-corrected chi connectivity index (χ4v) is 2.05. The summed E-state index contributed by atoms with van der Waals surface area (Å²) in [4.78, 5) is 11.0. The molecule has 1 aliphatic rings. The maximum absolute atomic E-state index is 11.0. The first kappa shape index (κ1) is 11.0. The summed E-state index contributed by atoms with van der Waals surface area (Å²) in [5.41, 5.74) is 7.92. The van der Waals surface area contributed by atoms with Crippen LogP contribution < -0.4 is 11.1 Å². The zero-order valence-corrected chi connectivity index (χ0v) is 9.29. The van der Waals surface area contributed by atoms with Gasteiger partial charge in [0, 0.05) is 18.7 Å². The molecule has 0 aromatic heterocycles. The average molecular weight is 220 g/mol. The molecule has 0 amide bonds. The summed E-state index contributed by atoms with van der Waals surface area (Å²) in [5, 5.41) is 12.3. The van der Waals surface area contributed by atoms with E-state index in [1.807, 2.05) is 18.2 Å². The second-order valence-electron chi connectivity index (χ2n) is 4.52. The monoisotopic (exact) mass is 220 g/mol. The lowest BCUT2D eigenvalue weighted by Gasteiger charge is -2.20. The predicted octanol–water partition coefficient (Wildman–Crippen LogP) is 0.999. The van der Waals surface area contributed by atoms with Gasteiger partial charge in [0.15, 0.2) is 0 Å². The van der Waals surface area contributed by atoms with Crippen LogP contribution in [0.15, 0.2) is 18.2 Å². The Labute approximate surface area is 94.5 Å². The Bertz CT molecular complexity index is 427. The smallest absolute Gasteiger partial charge is 0.323 e. The van der Waals surface area contributed by atoms with Crippen LogP contribution in [0.25, 0.3) is 0 Å². The van der Waals surface area contributed by atoms with E-state index in [-0.39, 0.29) is 0 Å². The van der Waals surface area contributed by atoms with Crippen LogP contribution in [0.1, 0.15) is 18.1 Å². The summed E-state index contributed by atoms with van der Waals surface area (Å²) < 4.78 is 0. The number of anilines is 1. The maximum atomic E-state index is 11.0. The van der Waals surface area contributed by atoms with E-state index in [1.54, 1.807) is 6.92 Å². The number of hydrogen-bond acceptors (Lipinski definition) is 3. The number of benzene rings is 1. The van der Waals surface area contributed by atoms with Crippen LogP contribution in [-0.4, -0.2) is 23.2 Å². The van der Waals surface area contributed by atoms with Gasteiger partial charge in [-0.3, -0.25) is 4.79 Å². The van der Waals surface area contributed by atoms with E-state index < -0.39 is 11.5 Å². The zero-order valence-electron chi connectivity index (χ0n) is 9.29. The number of carboxylic acid groups (broad SMARTS) is 1. The topological polar surface area (TPSA) is 75.3 Å². The molecule has 1 unspecified atom stereocenters. The minimum Gasteiger partial charge on any atom is -0.480 e. The van der Waals surface area contributed by atoms with Crippen molar-refractivity contribution in [3.8, 4) is 0 Å². The highest BCUT2D eigenvalue weighted by Gasteiger charge is 2.29. The Morgan fingerprint density at radius 3 is 3.06 bits per heavy atom. The number of hydrogen-bond donors (Lipinski definition) is 3. The van der Waals surface area contributed by atoms with E-state index in [2.05, 4.69) is 5.32 Å². The number of rotatable bonds is 3. The van der Waals surface area contributed by atoms with Crippen molar-refractivity contribution in [2.45, 2.75) is 25.3 Å². The van der Waals surface area contributed by atoms with Crippen LogP contribution in [0.4, 0.5) is 5.69 Å². The Morgan fingerprint density at radius 2 is 2.38 bits per heavy atom. The molecule has 4 N–H and O–H groups in total. The van der Waals surface area contributed by atoms with E-state index in [0.29, 0.717) is 6.42 Å². The molecule has 0 radical (unpaired) electrons. The first-order valence-electron chi connectivity index (χ1n) is 5.37. The van der Waals surface area contributed by atoms with Gasteiger partial charge in [0.2, 0.25) is 0 Å². The van der Waals surface area contributed by atoms with Gasteiger partial charge < -0.3 is 16.2 Å². The van der Waals surface area contributed by atoms with Gasteiger partial charge in [0.25, 0.3) is 0 Å². The molecule has 0 saturated carbocycles. The molecule has 2 rings (SSSR count). The molecule has 1 atom stereocenters. The van der Waals surface area contributed by atoms with Crippen molar-refractivity contribution in [2.24, 2.45) is 5.73 Å². The number of carboxylic acids is 1. The third kappa shape index (κ3) is 1.88. The lowest BCUT2D eigenvalue weighted by Crippen LogP contribution is -2.47. The van der Waals surface area contributed by atoms with Gasteiger partial charge in [0.05, 0.1) is 0 Å². The van der Waals surface area contributed by atoms with Crippen LogP contribution in [0.5, 0.6) is 0 Å². The summed E-state index contributed by atoms with van der Waals surface area (Å²) in [6, 6.07) is 5.91. The molecule has 1 heterocycles. The highest BCUT2D eigenvalue weighted by Crippen LogP contribution is 2.27.